The van der Waals surface area contributed by atoms with Crippen LogP contribution in [0, 0.1) is 0 Å². The molecule has 0 saturated heterocycles. The van der Waals surface area contributed by atoms with Crippen molar-refractivity contribution < 1.29 is 9.53 Å². The van der Waals surface area contributed by atoms with E-state index in [-0.39, 0.29) is 17.2 Å². The molecular formula is C25H20N4O3S. The predicted molar refractivity (Wildman–Crippen MR) is 127 cm³/mol. The standard InChI is InChI=1S/C25H20N4O3S/c1-32-17-13-11-16(12-14-17)29-25-26-23-20(18-9-5-6-10-19(18)33-23)24(31)28(25)22(27-29)21(30)15-7-3-2-4-8-15/h2-4,7-8,11-14H,5-6,9-10H2,1H3. The van der Waals surface area contributed by atoms with E-state index in [0.717, 1.165) is 31.2 Å². The molecule has 164 valence electrons. The summed E-state index contributed by atoms with van der Waals surface area (Å²) in [4.78, 5) is 34.1. The van der Waals surface area contributed by atoms with Crippen LogP contribution in [0.15, 0.2) is 59.4 Å². The van der Waals surface area contributed by atoms with Gasteiger partial charge in [0, 0.05) is 10.4 Å². The molecule has 0 fully saturated rings. The van der Waals surface area contributed by atoms with Crippen molar-refractivity contribution >= 4 is 33.1 Å². The summed E-state index contributed by atoms with van der Waals surface area (Å²) in [6.07, 6.45) is 4.02. The number of aryl methyl sites for hydroxylation is 2. The number of carbonyl (C=O) groups is 1. The molecule has 3 aromatic heterocycles. The second-order valence-electron chi connectivity index (χ2n) is 8.07. The zero-order chi connectivity index (χ0) is 22.5. The lowest BCUT2D eigenvalue weighted by molar-refractivity contribution is 0.102. The van der Waals surface area contributed by atoms with E-state index in [1.807, 2.05) is 30.3 Å². The molecule has 0 aliphatic heterocycles. The van der Waals surface area contributed by atoms with Gasteiger partial charge < -0.3 is 4.74 Å². The Kier molecular flexibility index (Phi) is 4.62. The molecule has 1 aliphatic rings. The van der Waals surface area contributed by atoms with Gasteiger partial charge in [-0.15, -0.1) is 16.4 Å². The van der Waals surface area contributed by atoms with Crippen molar-refractivity contribution in [1.82, 2.24) is 19.2 Å². The lowest BCUT2D eigenvalue weighted by atomic mass is 9.97. The number of carbonyl (C=O) groups excluding carboxylic acids is 1. The van der Waals surface area contributed by atoms with Crippen LogP contribution in [0.2, 0.25) is 0 Å². The van der Waals surface area contributed by atoms with Gasteiger partial charge >= 0.3 is 0 Å². The van der Waals surface area contributed by atoms with Gasteiger partial charge in [0.05, 0.1) is 18.2 Å². The van der Waals surface area contributed by atoms with E-state index in [0.29, 0.717) is 33.0 Å². The molecule has 0 N–H and O–H groups in total. The zero-order valence-corrected chi connectivity index (χ0v) is 18.8. The highest BCUT2D eigenvalue weighted by Gasteiger charge is 2.26. The van der Waals surface area contributed by atoms with Crippen molar-refractivity contribution in [1.29, 1.82) is 0 Å². The normalized spacial score (nSPS) is 13.4. The van der Waals surface area contributed by atoms with Crippen LogP contribution in [0.3, 0.4) is 0 Å². The molecule has 0 bridgehead atoms. The van der Waals surface area contributed by atoms with Crippen LogP contribution in [0.5, 0.6) is 5.75 Å². The summed E-state index contributed by atoms with van der Waals surface area (Å²) in [7, 11) is 1.60. The monoisotopic (exact) mass is 456 g/mol. The van der Waals surface area contributed by atoms with Gasteiger partial charge in [0.1, 0.15) is 10.6 Å². The van der Waals surface area contributed by atoms with Gasteiger partial charge in [0.2, 0.25) is 17.4 Å². The van der Waals surface area contributed by atoms with Crippen molar-refractivity contribution in [3.05, 3.63) is 86.8 Å². The third-order valence-electron chi connectivity index (χ3n) is 6.12. The van der Waals surface area contributed by atoms with E-state index in [4.69, 9.17) is 9.72 Å². The van der Waals surface area contributed by atoms with Gasteiger partial charge in [-0.3, -0.25) is 9.59 Å². The molecule has 0 unspecified atom stereocenters. The molecular weight excluding hydrogens is 436 g/mol. The number of thiophene rings is 1. The number of methoxy groups -OCH3 is 1. The number of ether oxygens (including phenoxy) is 1. The Hall–Kier alpha value is -3.78. The molecule has 2 aromatic carbocycles. The topological polar surface area (TPSA) is 78.5 Å². The molecule has 7 nitrogen and oxygen atoms in total. The Labute approximate surface area is 192 Å². The fraction of sp³-hybridized carbons (Fsp3) is 0.200. The van der Waals surface area contributed by atoms with E-state index in [2.05, 4.69) is 5.10 Å². The summed E-state index contributed by atoms with van der Waals surface area (Å²) >= 11 is 1.58. The zero-order valence-electron chi connectivity index (χ0n) is 17.9. The molecule has 0 spiro atoms. The molecule has 33 heavy (non-hydrogen) atoms. The summed E-state index contributed by atoms with van der Waals surface area (Å²) in [6.45, 7) is 0. The van der Waals surface area contributed by atoms with E-state index in [9.17, 15) is 9.59 Å². The summed E-state index contributed by atoms with van der Waals surface area (Å²) < 4.78 is 8.21. The first-order chi connectivity index (χ1) is 16.2. The molecule has 0 amide bonds. The van der Waals surface area contributed by atoms with Crippen LogP contribution in [0.4, 0.5) is 0 Å². The molecule has 8 heteroatoms. The summed E-state index contributed by atoms with van der Waals surface area (Å²) in [5.74, 6) is 0.771. The van der Waals surface area contributed by atoms with Gasteiger partial charge in [-0.2, -0.15) is 4.68 Å². The first kappa shape index (κ1) is 19.9. The van der Waals surface area contributed by atoms with Gasteiger partial charge in [0.25, 0.3) is 5.56 Å². The molecule has 1 aliphatic carbocycles. The van der Waals surface area contributed by atoms with Gasteiger partial charge in [-0.25, -0.2) is 9.38 Å². The van der Waals surface area contributed by atoms with E-state index < -0.39 is 0 Å². The molecule has 5 aromatic rings. The average molecular weight is 457 g/mol. The predicted octanol–water partition coefficient (Wildman–Crippen LogP) is 4.21. The minimum Gasteiger partial charge on any atom is -0.497 e. The second kappa shape index (κ2) is 7.67. The van der Waals surface area contributed by atoms with E-state index in [1.165, 1.54) is 9.28 Å². The summed E-state index contributed by atoms with van der Waals surface area (Å²) in [5, 5.41) is 5.23. The van der Waals surface area contributed by atoms with Crippen molar-refractivity contribution in [3.8, 4) is 11.4 Å². The number of fused-ring (bicyclic) bond motifs is 4. The SMILES string of the molecule is COc1ccc(-n2nc(C(=O)c3ccccc3)n3c(=O)c4c5c(sc4nc23)CCCC5)cc1. The number of benzene rings is 2. The summed E-state index contributed by atoms with van der Waals surface area (Å²) in [5.41, 5.74) is 2.02. The Morgan fingerprint density at radius 3 is 2.55 bits per heavy atom. The highest BCUT2D eigenvalue weighted by Crippen LogP contribution is 2.34. The lowest BCUT2D eigenvalue weighted by Gasteiger charge is -2.09. The highest BCUT2D eigenvalue weighted by molar-refractivity contribution is 7.18. The van der Waals surface area contributed by atoms with Crippen LogP contribution in [0.25, 0.3) is 21.7 Å². The Balaban J connectivity index is 1.67. The number of rotatable bonds is 4. The number of hydrogen-bond acceptors (Lipinski definition) is 6. The molecule has 0 saturated carbocycles. The van der Waals surface area contributed by atoms with Crippen LogP contribution < -0.4 is 10.3 Å². The van der Waals surface area contributed by atoms with Gasteiger partial charge in [-0.1, -0.05) is 30.3 Å². The molecule has 0 radical (unpaired) electrons. The maximum absolute atomic E-state index is 13.8. The van der Waals surface area contributed by atoms with Gasteiger partial charge in [-0.05, 0) is 55.5 Å². The quantitative estimate of drug-likeness (QED) is 0.379. The van der Waals surface area contributed by atoms with Crippen molar-refractivity contribution in [2.45, 2.75) is 25.7 Å². The number of hydrogen-bond donors (Lipinski definition) is 0. The Morgan fingerprint density at radius 1 is 1.03 bits per heavy atom. The average Bonchev–Trinajstić information content (AvgIpc) is 3.43. The fourth-order valence-electron chi connectivity index (χ4n) is 4.47. The minimum absolute atomic E-state index is 0.0576. The van der Waals surface area contributed by atoms with E-state index in [1.54, 1.807) is 47.4 Å². The van der Waals surface area contributed by atoms with Crippen LogP contribution >= 0.6 is 11.3 Å². The third-order valence-corrected chi connectivity index (χ3v) is 7.31. The number of nitrogens with zero attached hydrogens (tertiary/aromatic N) is 4. The third kappa shape index (κ3) is 3.09. The summed E-state index contributed by atoms with van der Waals surface area (Å²) in [6, 6.07) is 16.2. The largest absolute Gasteiger partial charge is 0.497 e. The smallest absolute Gasteiger partial charge is 0.270 e. The first-order valence-corrected chi connectivity index (χ1v) is 11.7. The Morgan fingerprint density at radius 2 is 1.79 bits per heavy atom. The minimum atomic E-state index is -0.319. The second-order valence-corrected chi connectivity index (χ2v) is 9.16. The molecule has 6 rings (SSSR count). The van der Waals surface area contributed by atoms with Crippen LogP contribution in [0.1, 0.15) is 39.5 Å². The fourth-order valence-corrected chi connectivity index (χ4v) is 5.72. The van der Waals surface area contributed by atoms with Gasteiger partial charge in [0.15, 0.2) is 0 Å². The Bertz CT molecular complexity index is 1580. The number of ketones is 1. The van der Waals surface area contributed by atoms with Crippen LogP contribution in [-0.4, -0.2) is 32.1 Å². The molecule has 0 atom stereocenters. The van der Waals surface area contributed by atoms with Crippen molar-refractivity contribution in [3.63, 3.8) is 0 Å². The van der Waals surface area contributed by atoms with Crippen molar-refractivity contribution in [2.75, 3.05) is 7.11 Å². The first-order valence-electron chi connectivity index (χ1n) is 10.9. The van der Waals surface area contributed by atoms with Crippen molar-refractivity contribution in [2.24, 2.45) is 0 Å². The lowest BCUT2D eigenvalue weighted by Crippen LogP contribution is -2.20. The number of aromatic nitrogens is 4. The molecule has 3 heterocycles. The maximum atomic E-state index is 13.8. The van der Waals surface area contributed by atoms with E-state index >= 15 is 0 Å². The van der Waals surface area contributed by atoms with Crippen LogP contribution in [-0.2, 0) is 12.8 Å². The maximum Gasteiger partial charge on any atom is 0.270 e. The highest BCUT2D eigenvalue weighted by atomic mass is 32.1.